The molecule has 0 saturated carbocycles. The minimum absolute atomic E-state index is 0.554. The molecule has 0 bridgehead atoms. The summed E-state index contributed by atoms with van der Waals surface area (Å²) in [4.78, 5) is 10.9. The maximum Gasteiger partial charge on any atom is 0.161 e. The van der Waals surface area contributed by atoms with E-state index in [-0.39, 0.29) is 0 Å². The van der Waals surface area contributed by atoms with Crippen molar-refractivity contribution in [2.45, 2.75) is 5.41 Å². The van der Waals surface area contributed by atoms with Gasteiger partial charge >= 0.3 is 0 Å². The van der Waals surface area contributed by atoms with E-state index >= 15 is 0 Å². The van der Waals surface area contributed by atoms with Crippen LogP contribution in [0.25, 0.3) is 86.7 Å². The number of hydrogen-bond acceptors (Lipinski definition) is 4. The predicted molar refractivity (Wildman–Crippen MR) is 244 cm³/mol. The summed E-state index contributed by atoms with van der Waals surface area (Å²) in [6.07, 6.45) is 0. The standard InChI is InChI=1S/C55H32N2OS/c1-3-17-36-33(14-1)16-13-22-40(36)54-56-51(53-52(57-54)41-21-7-12-27-49(41)59-53)39-20-6-5-18-37(39)35-29-30-43-42(32-35)50-38-19-4-2-15-34(38)28-31-46(50)55(43)44-23-8-10-25-47(44)58-48-26-11-9-24-45(48)55/h1-32H. The monoisotopic (exact) mass is 768 g/mol. The molecule has 0 N–H and O–H groups in total. The lowest BCUT2D eigenvalue weighted by atomic mass is 9.66. The lowest BCUT2D eigenvalue weighted by Crippen LogP contribution is -2.32. The molecule has 0 fully saturated rings. The van der Waals surface area contributed by atoms with Gasteiger partial charge in [0.25, 0.3) is 0 Å². The minimum Gasteiger partial charge on any atom is -0.457 e. The maximum absolute atomic E-state index is 6.65. The van der Waals surface area contributed by atoms with Crippen LogP contribution in [-0.4, -0.2) is 9.97 Å². The van der Waals surface area contributed by atoms with Crippen molar-refractivity contribution in [1.29, 1.82) is 0 Å². The van der Waals surface area contributed by atoms with Gasteiger partial charge in [-0.15, -0.1) is 11.3 Å². The molecule has 59 heavy (non-hydrogen) atoms. The van der Waals surface area contributed by atoms with E-state index in [0.29, 0.717) is 0 Å². The smallest absolute Gasteiger partial charge is 0.161 e. The predicted octanol–water partition coefficient (Wildman–Crippen LogP) is 14.6. The molecular weight excluding hydrogens is 737 g/mol. The first kappa shape index (κ1) is 32.7. The van der Waals surface area contributed by atoms with Crippen molar-refractivity contribution in [3.8, 4) is 56.4 Å². The number of nitrogens with zero attached hydrogens (tertiary/aromatic N) is 2. The normalized spacial score (nSPS) is 13.4. The molecule has 4 heteroatoms. The number of aromatic nitrogens is 2. The SMILES string of the molecule is c1ccc2c(c1)Oc1ccccc1C21c2ccc(-c3ccccc3-c3nc(-c4cccc5ccccc45)nc4c3sc3ccccc34)cc2-c2c1ccc1ccccc21. The Morgan fingerprint density at radius 2 is 1.03 bits per heavy atom. The summed E-state index contributed by atoms with van der Waals surface area (Å²) in [5.41, 5.74) is 13.2. The van der Waals surface area contributed by atoms with E-state index in [4.69, 9.17) is 14.7 Å². The molecule has 1 spiro atoms. The minimum atomic E-state index is -0.554. The molecule has 0 unspecified atom stereocenters. The lowest BCUT2D eigenvalue weighted by molar-refractivity contribution is 0.436. The van der Waals surface area contributed by atoms with Crippen molar-refractivity contribution < 1.29 is 4.74 Å². The van der Waals surface area contributed by atoms with Gasteiger partial charge < -0.3 is 4.74 Å². The first-order valence-electron chi connectivity index (χ1n) is 20.1. The van der Waals surface area contributed by atoms with Crippen LogP contribution < -0.4 is 4.74 Å². The van der Waals surface area contributed by atoms with E-state index < -0.39 is 5.41 Å². The molecule has 1 aliphatic heterocycles. The van der Waals surface area contributed by atoms with Gasteiger partial charge in [-0.2, -0.15) is 0 Å². The number of rotatable bonds is 3. The molecule has 2 aromatic heterocycles. The summed E-state index contributed by atoms with van der Waals surface area (Å²) in [7, 11) is 0. The third-order valence-electron chi connectivity index (χ3n) is 12.6. The second-order valence-electron chi connectivity index (χ2n) is 15.6. The van der Waals surface area contributed by atoms with E-state index in [9.17, 15) is 0 Å². The van der Waals surface area contributed by atoms with Crippen LogP contribution in [0.1, 0.15) is 22.3 Å². The number of hydrogen-bond donors (Lipinski definition) is 0. The van der Waals surface area contributed by atoms with Gasteiger partial charge in [-0.05, 0) is 79.2 Å². The van der Waals surface area contributed by atoms with Gasteiger partial charge in [0.15, 0.2) is 5.82 Å². The molecule has 0 radical (unpaired) electrons. The van der Waals surface area contributed by atoms with Crippen LogP contribution in [0.15, 0.2) is 194 Å². The summed E-state index contributed by atoms with van der Waals surface area (Å²) in [5.74, 6) is 2.52. The maximum atomic E-state index is 6.65. The zero-order valence-corrected chi connectivity index (χ0v) is 32.5. The van der Waals surface area contributed by atoms with Crippen LogP contribution in [0.3, 0.4) is 0 Å². The van der Waals surface area contributed by atoms with E-state index in [1.54, 1.807) is 11.3 Å². The third-order valence-corrected chi connectivity index (χ3v) is 13.7. The van der Waals surface area contributed by atoms with Crippen LogP contribution in [0.2, 0.25) is 0 Å². The highest BCUT2D eigenvalue weighted by molar-refractivity contribution is 7.26. The Bertz CT molecular complexity index is 3510. The Morgan fingerprint density at radius 3 is 1.85 bits per heavy atom. The van der Waals surface area contributed by atoms with Crippen molar-refractivity contribution >= 4 is 53.2 Å². The van der Waals surface area contributed by atoms with Crippen LogP contribution in [-0.2, 0) is 5.41 Å². The molecule has 9 aromatic carbocycles. The fourth-order valence-corrected chi connectivity index (χ4v) is 11.2. The Balaban J connectivity index is 1.09. The first-order valence-corrected chi connectivity index (χ1v) is 20.9. The average Bonchev–Trinajstić information content (AvgIpc) is 3.82. The molecule has 11 aromatic rings. The highest BCUT2D eigenvalue weighted by atomic mass is 32.1. The van der Waals surface area contributed by atoms with Gasteiger partial charge in [-0.3, -0.25) is 0 Å². The van der Waals surface area contributed by atoms with E-state index in [1.807, 2.05) is 0 Å². The quantitative estimate of drug-likeness (QED) is 0.180. The molecule has 274 valence electrons. The summed E-state index contributed by atoms with van der Waals surface area (Å²) in [5, 5.41) is 5.94. The first-order chi connectivity index (χ1) is 29.3. The van der Waals surface area contributed by atoms with Gasteiger partial charge in [0.05, 0.1) is 21.3 Å². The number of fused-ring (bicyclic) bond motifs is 15. The van der Waals surface area contributed by atoms with E-state index in [1.165, 1.54) is 43.1 Å². The highest BCUT2D eigenvalue weighted by Gasteiger charge is 2.51. The molecule has 3 heterocycles. The van der Waals surface area contributed by atoms with Gasteiger partial charge in [0.2, 0.25) is 0 Å². The van der Waals surface area contributed by atoms with Crippen molar-refractivity contribution in [2.75, 3.05) is 0 Å². The van der Waals surface area contributed by atoms with Gasteiger partial charge in [0, 0.05) is 32.3 Å². The van der Waals surface area contributed by atoms with Gasteiger partial charge in [-0.25, -0.2) is 9.97 Å². The highest BCUT2D eigenvalue weighted by Crippen LogP contribution is 2.63. The molecule has 1 aliphatic carbocycles. The number of benzene rings is 9. The van der Waals surface area contributed by atoms with Gasteiger partial charge in [0.1, 0.15) is 11.5 Å². The summed E-state index contributed by atoms with van der Waals surface area (Å²) in [6.45, 7) is 0. The summed E-state index contributed by atoms with van der Waals surface area (Å²) >= 11 is 1.77. The zero-order valence-electron chi connectivity index (χ0n) is 31.7. The van der Waals surface area contributed by atoms with E-state index in [2.05, 4.69) is 194 Å². The van der Waals surface area contributed by atoms with Crippen molar-refractivity contribution in [2.24, 2.45) is 0 Å². The fourth-order valence-electron chi connectivity index (χ4n) is 10.1. The van der Waals surface area contributed by atoms with Crippen LogP contribution >= 0.6 is 11.3 Å². The largest absolute Gasteiger partial charge is 0.457 e. The summed E-state index contributed by atoms with van der Waals surface area (Å²) < 4.78 is 8.95. The second-order valence-corrected chi connectivity index (χ2v) is 16.6. The average molecular weight is 769 g/mol. The Morgan fingerprint density at radius 1 is 0.424 bits per heavy atom. The Kier molecular flexibility index (Phi) is 6.81. The van der Waals surface area contributed by atoms with Crippen LogP contribution in [0.4, 0.5) is 0 Å². The van der Waals surface area contributed by atoms with Crippen molar-refractivity contribution in [1.82, 2.24) is 9.97 Å². The van der Waals surface area contributed by atoms with Crippen LogP contribution in [0.5, 0.6) is 11.5 Å². The Labute approximate surface area is 344 Å². The number of thiophene rings is 1. The lowest BCUT2D eigenvalue weighted by Gasteiger charge is -2.39. The summed E-state index contributed by atoms with van der Waals surface area (Å²) in [6, 6.07) is 70.1. The molecule has 0 saturated heterocycles. The zero-order chi connectivity index (χ0) is 38.7. The molecule has 13 rings (SSSR count). The van der Waals surface area contributed by atoms with Gasteiger partial charge in [-0.1, -0.05) is 170 Å². The molecule has 0 atom stereocenters. The number of ether oxygens (including phenoxy) is 1. The molecule has 3 nitrogen and oxygen atoms in total. The molecular formula is C55H32N2OS. The second kappa shape index (κ2) is 12.3. The van der Waals surface area contributed by atoms with E-state index in [0.717, 1.165) is 77.4 Å². The number of para-hydroxylation sites is 2. The van der Waals surface area contributed by atoms with Crippen molar-refractivity contribution in [3.05, 3.63) is 216 Å². The third kappa shape index (κ3) is 4.52. The van der Waals surface area contributed by atoms with Crippen LogP contribution in [0, 0.1) is 0 Å². The molecule has 2 aliphatic rings. The fraction of sp³-hybridized carbons (Fsp3) is 0.0182. The Hall–Kier alpha value is -7.40. The molecule has 0 amide bonds. The van der Waals surface area contributed by atoms with Crippen molar-refractivity contribution in [3.63, 3.8) is 0 Å². The topological polar surface area (TPSA) is 35.0 Å².